The van der Waals surface area contributed by atoms with Gasteiger partial charge in [-0.15, -0.1) is 0 Å². The Morgan fingerprint density at radius 1 is 1.06 bits per heavy atom. The normalized spacial score (nSPS) is 11.0. The van der Waals surface area contributed by atoms with Gasteiger partial charge >= 0.3 is 5.97 Å². The highest BCUT2D eigenvalue weighted by atomic mass is 35.5. The van der Waals surface area contributed by atoms with Crippen LogP contribution in [-0.4, -0.2) is 22.8 Å². The van der Waals surface area contributed by atoms with Gasteiger partial charge in [-0.1, -0.05) is 49.2 Å². The van der Waals surface area contributed by atoms with Gasteiger partial charge in [-0.05, 0) is 60.4 Å². The van der Waals surface area contributed by atoms with Crippen LogP contribution in [0.2, 0.25) is 5.02 Å². The third-order valence-corrected chi connectivity index (χ3v) is 5.59. The van der Waals surface area contributed by atoms with Crippen LogP contribution in [0.3, 0.4) is 0 Å². The van der Waals surface area contributed by atoms with E-state index >= 15 is 0 Å². The Labute approximate surface area is 196 Å². The predicted molar refractivity (Wildman–Crippen MR) is 127 cm³/mol. The van der Waals surface area contributed by atoms with Gasteiger partial charge in [0.15, 0.2) is 12.2 Å². The summed E-state index contributed by atoms with van der Waals surface area (Å²) < 4.78 is 16.9. The molecule has 1 N–H and O–H groups in total. The number of carboxylic acids is 1. The average Bonchev–Trinajstić information content (AvgIpc) is 3.20. The zero-order valence-electron chi connectivity index (χ0n) is 18.4. The van der Waals surface area contributed by atoms with Crippen LogP contribution in [0, 0.1) is 0 Å². The second-order valence-electron chi connectivity index (χ2n) is 7.66. The summed E-state index contributed by atoms with van der Waals surface area (Å²) in [4.78, 5) is 10.9. The van der Waals surface area contributed by atoms with Crippen LogP contribution in [0.4, 0.5) is 0 Å². The molecule has 0 saturated heterocycles. The molecule has 0 aliphatic carbocycles. The number of aliphatic carboxylic acids is 1. The second kappa shape index (κ2) is 9.96. The molecule has 0 unspecified atom stereocenters. The largest absolute Gasteiger partial charge is 0.480 e. The van der Waals surface area contributed by atoms with Crippen molar-refractivity contribution < 1.29 is 23.9 Å². The molecule has 0 spiro atoms. The van der Waals surface area contributed by atoms with Crippen molar-refractivity contribution in [2.24, 2.45) is 0 Å². The van der Waals surface area contributed by atoms with Gasteiger partial charge in [0.05, 0.1) is 10.4 Å². The van der Waals surface area contributed by atoms with Gasteiger partial charge in [0.25, 0.3) is 0 Å². The molecule has 4 rings (SSSR count). The monoisotopic (exact) mass is 465 g/mol. The first kappa shape index (κ1) is 22.7. The highest BCUT2D eigenvalue weighted by Gasteiger charge is 2.18. The first-order valence-corrected chi connectivity index (χ1v) is 11.2. The molecule has 0 bridgehead atoms. The maximum atomic E-state index is 10.9. The SMILES string of the molecule is CCCc1cc(Oc2ccc(CC)cc2)ccc1-c1noc2cc(Cl)c(OCC(=O)O)cc12. The number of aryl methyl sites for hydroxylation is 2. The van der Waals surface area contributed by atoms with Crippen LogP contribution in [-0.2, 0) is 17.6 Å². The summed E-state index contributed by atoms with van der Waals surface area (Å²) >= 11 is 6.22. The number of hydrogen-bond donors (Lipinski definition) is 1. The van der Waals surface area contributed by atoms with Gasteiger partial charge in [0.2, 0.25) is 0 Å². The summed E-state index contributed by atoms with van der Waals surface area (Å²) in [6.07, 6.45) is 2.75. The number of benzene rings is 3. The van der Waals surface area contributed by atoms with Crippen molar-refractivity contribution in [2.75, 3.05) is 6.61 Å². The number of carboxylic acid groups (broad SMARTS) is 1. The van der Waals surface area contributed by atoms with Crippen LogP contribution < -0.4 is 9.47 Å². The Balaban J connectivity index is 1.69. The lowest BCUT2D eigenvalue weighted by Gasteiger charge is -2.12. The molecule has 6 nitrogen and oxygen atoms in total. The predicted octanol–water partition coefficient (Wildman–Crippen LogP) is 6.92. The number of carbonyl (C=O) groups is 1. The minimum atomic E-state index is -1.08. The summed E-state index contributed by atoms with van der Waals surface area (Å²) in [5.41, 5.74) is 4.38. The summed E-state index contributed by atoms with van der Waals surface area (Å²) in [6, 6.07) is 17.2. The van der Waals surface area contributed by atoms with Crippen molar-refractivity contribution in [1.82, 2.24) is 5.16 Å². The molecule has 4 aromatic rings. The zero-order chi connectivity index (χ0) is 23.4. The number of aromatic nitrogens is 1. The molecule has 1 aromatic heterocycles. The van der Waals surface area contributed by atoms with E-state index in [2.05, 4.69) is 31.1 Å². The van der Waals surface area contributed by atoms with E-state index in [-0.39, 0.29) is 10.8 Å². The van der Waals surface area contributed by atoms with Crippen molar-refractivity contribution in [3.63, 3.8) is 0 Å². The van der Waals surface area contributed by atoms with Crippen LogP contribution in [0.15, 0.2) is 59.1 Å². The Morgan fingerprint density at radius 2 is 1.82 bits per heavy atom. The fourth-order valence-electron chi connectivity index (χ4n) is 3.65. The molecule has 0 aliphatic heterocycles. The zero-order valence-corrected chi connectivity index (χ0v) is 19.2. The molecule has 0 atom stereocenters. The Morgan fingerprint density at radius 3 is 2.52 bits per heavy atom. The Bertz CT molecular complexity index is 1280. The minimum Gasteiger partial charge on any atom is -0.480 e. The maximum absolute atomic E-state index is 10.9. The molecule has 0 amide bonds. The van der Waals surface area contributed by atoms with Gasteiger partial charge in [-0.25, -0.2) is 4.79 Å². The minimum absolute atomic E-state index is 0.262. The number of hydrogen-bond acceptors (Lipinski definition) is 5. The van der Waals surface area contributed by atoms with Gasteiger partial charge in [-0.3, -0.25) is 0 Å². The van der Waals surface area contributed by atoms with E-state index in [4.69, 9.17) is 30.7 Å². The highest BCUT2D eigenvalue weighted by Crippen LogP contribution is 2.38. The number of halogens is 1. The number of ether oxygens (including phenoxy) is 2. The lowest BCUT2D eigenvalue weighted by Crippen LogP contribution is -2.09. The quantitative estimate of drug-likeness (QED) is 0.289. The van der Waals surface area contributed by atoms with E-state index in [1.165, 1.54) is 5.56 Å². The van der Waals surface area contributed by atoms with Crippen LogP contribution in [0.5, 0.6) is 17.2 Å². The second-order valence-corrected chi connectivity index (χ2v) is 8.07. The molecule has 0 saturated carbocycles. The van der Waals surface area contributed by atoms with Gasteiger partial charge in [-0.2, -0.15) is 0 Å². The fraction of sp³-hybridized carbons (Fsp3) is 0.231. The first-order chi connectivity index (χ1) is 16.0. The molecular weight excluding hydrogens is 442 g/mol. The number of fused-ring (bicyclic) bond motifs is 1. The van der Waals surface area contributed by atoms with E-state index in [1.54, 1.807) is 12.1 Å². The standard InChI is InChI=1S/C26H24ClNO5/c1-3-5-17-12-19(32-18-8-6-16(4-2)7-9-18)10-11-20(17)26-21-13-24(31-15-25(29)30)22(27)14-23(21)33-28-26/h6-14H,3-5,15H2,1-2H3,(H,29,30). The van der Waals surface area contributed by atoms with Crippen molar-refractivity contribution in [2.45, 2.75) is 33.1 Å². The van der Waals surface area contributed by atoms with E-state index in [1.807, 2.05) is 30.3 Å². The highest BCUT2D eigenvalue weighted by molar-refractivity contribution is 6.32. The third kappa shape index (κ3) is 5.12. The Kier molecular flexibility index (Phi) is 6.84. The van der Waals surface area contributed by atoms with Gasteiger partial charge < -0.3 is 19.1 Å². The fourth-order valence-corrected chi connectivity index (χ4v) is 3.86. The lowest BCUT2D eigenvalue weighted by atomic mass is 9.98. The third-order valence-electron chi connectivity index (χ3n) is 5.29. The van der Waals surface area contributed by atoms with Gasteiger partial charge in [0.1, 0.15) is 22.9 Å². The van der Waals surface area contributed by atoms with E-state index in [0.29, 0.717) is 16.7 Å². The lowest BCUT2D eigenvalue weighted by molar-refractivity contribution is -0.139. The first-order valence-electron chi connectivity index (χ1n) is 10.8. The molecule has 3 aromatic carbocycles. The van der Waals surface area contributed by atoms with Crippen molar-refractivity contribution in [3.8, 4) is 28.5 Å². The summed E-state index contributed by atoms with van der Waals surface area (Å²) in [7, 11) is 0. The molecule has 33 heavy (non-hydrogen) atoms. The molecule has 0 aliphatic rings. The van der Waals surface area contributed by atoms with Crippen LogP contribution >= 0.6 is 11.6 Å². The molecule has 7 heteroatoms. The molecular formula is C26H24ClNO5. The molecule has 1 heterocycles. The smallest absolute Gasteiger partial charge is 0.341 e. The number of nitrogens with zero attached hydrogens (tertiary/aromatic N) is 1. The van der Waals surface area contributed by atoms with E-state index in [9.17, 15) is 4.79 Å². The van der Waals surface area contributed by atoms with Crippen molar-refractivity contribution in [3.05, 3.63) is 70.7 Å². The summed E-state index contributed by atoms with van der Waals surface area (Å²) in [5, 5.41) is 14.1. The van der Waals surface area contributed by atoms with E-state index < -0.39 is 12.6 Å². The molecule has 0 fully saturated rings. The maximum Gasteiger partial charge on any atom is 0.341 e. The molecule has 0 radical (unpaired) electrons. The van der Waals surface area contributed by atoms with Crippen molar-refractivity contribution >= 4 is 28.5 Å². The Hall–Kier alpha value is -3.51. The van der Waals surface area contributed by atoms with Crippen molar-refractivity contribution in [1.29, 1.82) is 0 Å². The van der Waals surface area contributed by atoms with E-state index in [0.717, 1.165) is 41.9 Å². The summed E-state index contributed by atoms with van der Waals surface area (Å²) in [5.74, 6) is 0.710. The summed E-state index contributed by atoms with van der Waals surface area (Å²) in [6.45, 7) is 3.74. The van der Waals surface area contributed by atoms with Crippen LogP contribution in [0.25, 0.3) is 22.2 Å². The topological polar surface area (TPSA) is 81.8 Å². The van der Waals surface area contributed by atoms with Crippen LogP contribution in [0.1, 0.15) is 31.4 Å². The molecule has 170 valence electrons. The number of rotatable bonds is 9. The average molecular weight is 466 g/mol. The van der Waals surface area contributed by atoms with Gasteiger partial charge in [0, 0.05) is 11.6 Å².